The number of thiocarbonyl (C=S) groups is 1. The lowest BCUT2D eigenvalue weighted by molar-refractivity contribution is 0.502. The number of anilines is 1. The summed E-state index contributed by atoms with van der Waals surface area (Å²) >= 11 is 17.5. The summed E-state index contributed by atoms with van der Waals surface area (Å²) in [7, 11) is -2.78. The van der Waals surface area contributed by atoms with Crippen LogP contribution in [0.1, 0.15) is 0 Å². The van der Waals surface area contributed by atoms with E-state index in [4.69, 9.17) is 35.4 Å². The fourth-order valence-electron chi connectivity index (χ4n) is 2.58. The monoisotopic (exact) mass is 337 g/mol. The first-order chi connectivity index (χ1) is 8.89. The van der Waals surface area contributed by atoms with Crippen molar-refractivity contribution >= 4 is 56.4 Å². The maximum Gasteiger partial charge on any atom is 0.218 e. The van der Waals surface area contributed by atoms with Gasteiger partial charge in [-0.15, -0.1) is 0 Å². The van der Waals surface area contributed by atoms with Gasteiger partial charge in [0.05, 0.1) is 15.7 Å². The number of benzene rings is 1. The van der Waals surface area contributed by atoms with Crippen LogP contribution >= 0.6 is 35.4 Å². The Hall–Kier alpha value is -0.400. The van der Waals surface area contributed by atoms with Crippen molar-refractivity contribution in [1.82, 2.24) is 5.32 Å². The van der Waals surface area contributed by atoms with E-state index in [0.717, 1.165) is 0 Å². The Kier molecular flexibility index (Phi) is 3.26. The summed E-state index contributed by atoms with van der Waals surface area (Å²) in [6.07, 6.45) is 0. The lowest BCUT2D eigenvalue weighted by Crippen LogP contribution is -2.37. The standard InChI is InChI=1S/C11H10Cl2N2O2S2/c12-6-2-1-3-8(10(6)13)15-9-5-19(16,17)4-7(9)14-11(15)18/h1-3,7,9H,4-5H2,(H-,14,16,17,18)/p+1/t7-,9-/m0/s1. The van der Waals surface area contributed by atoms with Crippen LogP contribution in [0, 0.1) is 0 Å². The zero-order valence-corrected chi connectivity index (χ0v) is 12.8. The van der Waals surface area contributed by atoms with E-state index in [-0.39, 0.29) is 23.6 Å². The van der Waals surface area contributed by atoms with Crippen molar-refractivity contribution in [3.63, 3.8) is 0 Å². The molecule has 0 aromatic heterocycles. The normalized spacial score (nSPS) is 33.4. The molecule has 1 unspecified atom stereocenters. The Balaban J connectivity index is 2.02. The summed E-state index contributed by atoms with van der Waals surface area (Å²) in [5.41, 5.74) is 0.677. The number of fused-ring (bicyclic) bond motifs is 1. The lowest BCUT2D eigenvalue weighted by Gasteiger charge is -2.23. The van der Waals surface area contributed by atoms with Gasteiger partial charge in [0, 0.05) is 0 Å². The van der Waals surface area contributed by atoms with E-state index < -0.39 is 10.2 Å². The number of halogens is 2. The van der Waals surface area contributed by atoms with Crippen LogP contribution in [0.3, 0.4) is 0 Å². The summed E-state index contributed by atoms with van der Waals surface area (Å²) < 4.78 is 21.6. The third-order valence-electron chi connectivity index (χ3n) is 3.39. The molecule has 1 aromatic rings. The van der Waals surface area contributed by atoms with Gasteiger partial charge in [0.15, 0.2) is 16.6 Å². The second-order valence-electron chi connectivity index (χ2n) is 4.67. The highest BCUT2D eigenvalue weighted by molar-refractivity contribution is 7.98. The van der Waals surface area contributed by atoms with Crippen LogP contribution in [-0.2, 0) is 14.4 Å². The predicted octanol–water partition coefficient (Wildman–Crippen LogP) is 2.41. The molecule has 3 rings (SSSR count). The molecule has 0 aliphatic carbocycles. The molecule has 19 heavy (non-hydrogen) atoms. The molecule has 8 heteroatoms. The van der Waals surface area contributed by atoms with E-state index in [1.165, 1.54) is 0 Å². The minimum Gasteiger partial charge on any atom is -0.352 e. The Bertz CT molecular complexity index is 610. The van der Waals surface area contributed by atoms with Crippen molar-refractivity contribution in [2.24, 2.45) is 0 Å². The van der Waals surface area contributed by atoms with Gasteiger partial charge in [-0.25, -0.2) is 0 Å². The quantitative estimate of drug-likeness (QED) is 0.608. The highest BCUT2D eigenvalue weighted by atomic mass is 35.5. The average molecular weight is 338 g/mol. The first-order valence-electron chi connectivity index (χ1n) is 5.65. The first kappa shape index (κ1) is 13.6. The predicted molar refractivity (Wildman–Crippen MR) is 82.7 cm³/mol. The van der Waals surface area contributed by atoms with Crippen LogP contribution in [0.15, 0.2) is 18.2 Å². The molecule has 2 heterocycles. The lowest BCUT2D eigenvalue weighted by atomic mass is 10.1. The summed E-state index contributed by atoms with van der Waals surface area (Å²) in [6.45, 7) is 0. The smallest absolute Gasteiger partial charge is 0.218 e. The molecule has 2 aliphatic rings. The molecule has 4 nitrogen and oxygen atoms in total. The minimum atomic E-state index is -2.78. The Labute approximate surface area is 127 Å². The molecule has 3 atom stereocenters. The number of rotatable bonds is 1. The number of nitrogens with one attached hydrogen (secondary N) is 1. The van der Waals surface area contributed by atoms with Gasteiger partial charge in [-0.2, -0.15) is 4.55 Å². The van der Waals surface area contributed by atoms with Gasteiger partial charge in [-0.3, -0.25) is 0 Å². The van der Waals surface area contributed by atoms with Crippen LogP contribution in [0.5, 0.6) is 0 Å². The van der Waals surface area contributed by atoms with Gasteiger partial charge < -0.3 is 10.2 Å². The van der Waals surface area contributed by atoms with E-state index in [9.17, 15) is 8.76 Å². The Morgan fingerprint density at radius 1 is 1.42 bits per heavy atom. The number of nitrogens with zero attached hydrogens (tertiary/aromatic N) is 1. The van der Waals surface area contributed by atoms with Crippen LogP contribution < -0.4 is 10.2 Å². The van der Waals surface area contributed by atoms with E-state index in [2.05, 4.69) is 5.32 Å². The maximum atomic E-state index is 11.8. The molecule has 0 spiro atoms. The van der Waals surface area contributed by atoms with Crippen molar-refractivity contribution < 1.29 is 8.76 Å². The second kappa shape index (κ2) is 4.56. The molecular formula is C11H11Cl2N2O2S2+. The van der Waals surface area contributed by atoms with Gasteiger partial charge in [-0.1, -0.05) is 33.5 Å². The number of hydrogen-bond donors (Lipinski definition) is 2. The highest BCUT2D eigenvalue weighted by Gasteiger charge is 2.54. The Morgan fingerprint density at radius 2 is 2.16 bits per heavy atom. The topological polar surface area (TPSA) is 52.6 Å². The van der Waals surface area contributed by atoms with E-state index in [1.54, 1.807) is 17.0 Å². The zero-order chi connectivity index (χ0) is 13.8. The largest absolute Gasteiger partial charge is 0.352 e. The molecule has 1 aromatic carbocycles. The van der Waals surface area contributed by atoms with Gasteiger partial charge in [0.1, 0.15) is 12.1 Å². The average Bonchev–Trinajstić information content (AvgIpc) is 2.73. The number of hydrogen-bond acceptors (Lipinski definition) is 2. The van der Waals surface area contributed by atoms with Gasteiger partial charge in [-0.05, 0) is 24.4 Å². The highest BCUT2D eigenvalue weighted by Crippen LogP contribution is 2.38. The molecule has 0 radical (unpaired) electrons. The molecule has 2 N–H and O–H groups in total. The Morgan fingerprint density at radius 3 is 2.89 bits per heavy atom. The fraction of sp³-hybridized carbons (Fsp3) is 0.364. The molecule has 0 saturated carbocycles. The minimum absolute atomic E-state index is 0.111. The van der Waals surface area contributed by atoms with Crippen molar-refractivity contribution in [2.45, 2.75) is 12.1 Å². The third kappa shape index (κ3) is 2.25. The molecule has 2 aliphatic heterocycles. The molecule has 0 amide bonds. The summed E-state index contributed by atoms with van der Waals surface area (Å²) in [6, 6.07) is 5.02. The fourth-order valence-corrected chi connectivity index (χ4v) is 5.27. The molecular weight excluding hydrogens is 327 g/mol. The SMILES string of the molecule is O=[S+]1(O)C[C@@H]2NC(=S)N(c3cccc(Cl)c3Cl)[C@H]2C1. The molecule has 102 valence electrons. The van der Waals surface area contributed by atoms with Gasteiger partial charge in [0.2, 0.25) is 10.2 Å². The molecule has 2 saturated heterocycles. The maximum absolute atomic E-state index is 11.8. The summed E-state index contributed by atoms with van der Waals surface area (Å²) in [5.74, 6) is 0.403. The first-order valence-corrected chi connectivity index (χ1v) is 8.66. The zero-order valence-electron chi connectivity index (χ0n) is 9.68. The van der Waals surface area contributed by atoms with Gasteiger partial charge >= 0.3 is 0 Å². The van der Waals surface area contributed by atoms with Crippen molar-refractivity contribution in [3.8, 4) is 0 Å². The van der Waals surface area contributed by atoms with Crippen LogP contribution in [0.25, 0.3) is 0 Å². The third-order valence-corrected chi connectivity index (χ3v) is 6.25. The van der Waals surface area contributed by atoms with E-state index >= 15 is 0 Å². The van der Waals surface area contributed by atoms with E-state index in [0.29, 0.717) is 20.8 Å². The molecule has 2 fully saturated rings. The summed E-state index contributed by atoms with van der Waals surface area (Å²) in [4.78, 5) is 1.80. The summed E-state index contributed by atoms with van der Waals surface area (Å²) in [5, 5.41) is 4.45. The van der Waals surface area contributed by atoms with Crippen molar-refractivity contribution in [2.75, 3.05) is 16.4 Å². The van der Waals surface area contributed by atoms with E-state index in [1.807, 2.05) is 6.07 Å². The van der Waals surface area contributed by atoms with Crippen molar-refractivity contribution in [1.29, 1.82) is 0 Å². The van der Waals surface area contributed by atoms with Crippen LogP contribution in [0.4, 0.5) is 5.69 Å². The van der Waals surface area contributed by atoms with Crippen LogP contribution in [-0.4, -0.2) is 33.3 Å². The van der Waals surface area contributed by atoms with Gasteiger partial charge in [0.25, 0.3) is 0 Å². The molecule has 0 bridgehead atoms. The van der Waals surface area contributed by atoms with Crippen molar-refractivity contribution in [3.05, 3.63) is 28.2 Å². The van der Waals surface area contributed by atoms with Crippen LogP contribution in [0.2, 0.25) is 10.0 Å². The second-order valence-corrected chi connectivity index (χ2v) is 8.06.